The van der Waals surface area contributed by atoms with E-state index in [4.69, 9.17) is 0 Å². The van der Waals surface area contributed by atoms with Crippen LogP contribution < -0.4 is 4.31 Å². The molecule has 1 aromatic carbocycles. The third-order valence-electron chi connectivity index (χ3n) is 6.42. The molecule has 2 aromatic heterocycles. The summed E-state index contributed by atoms with van der Waals surface area (Å²) in [7, 11) is -3.64. The Balaban J connectivity index is 1.39. The Morgan fingerprint density at radius 2 is 2.12 bits per heavy atom. The predicted molar refractivity (Wildman–Crippen MR) is 129 cm³/mol. The van der Waals surface area contributed by atoms with Gasteiger partial charge in [-0.2, -0.15) is 0 Å². The number of likely N-dealkylation sites (tertiary alicyclic amines) is 1. The monoisotopic (exact) mass is 489 g/mol. The molecule has 0 unspecified atom stereocenters. The maximum atomic E-state index is 13.9. The van der Waals surface area contributed by atoms with Crippen molar-refractivity contribution in [2.45, 2.75) is 44.8 Å². The highest BCUT2D eigenvalue weighted by molar-refractivity contribution is 7.96. The number of anilines is 1. The number of aryl methyl sites for hydroxylation is 1. The van der Waals surface area contributed by atoms with Gasteiger partial charge in [-0.1, -0.05) is 6.07 Å². The number of sulfonamides is 1. The van der Waals surface area contributed by atoms with Crippen molar-refractivity contribution in [3.63, 3.8) is 0 Å². The molecule has 0 saturated carbocycles. The van der Waals surface area contributed by atoms with Gasteiger partial charge in [-0.3, -0.25) is 9.21 Å². The van der Waals surface area contributed by atoms with E-state index < -0.39 is 21.4 Å². The van der Waals surface area contributed by atoms with E-state index in [1.807, 2.05) is 5.51 Å². The number of rotatable bonds is 4. The third kappa shape index (κ3) is 3.71. The predicted octanol–water partition coefficient (Wildman–Crippen LogP) is 5.41. The molecule has 5 rings (SSSR count). The Kier molecular flexibility index (Phi) is 5.48. The fourth-order valence-corrected chi connectivity index (χ4v) is 8.33. The molecule has 2 aliphatic heterocycles. The Hall–Kier alpha value is -2.07. The Labute approximate surface area is 195 Å². The number of hydrogen-bond donors (Lipinski definition) is 0. The lowest BCUT2D eigenvalue weighted by atomic mass is 9.83. The third-order valence-corrected chi connectivity index (χ3v) is 9.83. The van der Waals surface area contributed by atoms with E-state index in [0.717, 1.165) is 18.8 Å². The summed E-state index contributed by atoms with van der Waals surface area (Å²) in [5, 5.41) is 3.37. The fourth-order valence-electron chi connectivity index (χ4n) is 4.84. The number of benzene rings is 1. The largest absolute Gasteiger partial charge is 0.295 e. The molecular weight excluding hydrogens is 465 g/mol. The van der Waals surface area contributed by atoms with Crippen LogP contribution in [0.1, 0.15) is 30.2 Å². The van der Waals surface area contributed by atoms with Gasteiger partial charge in [0, 0.05) is 29.4 Å². The van der Waals surface area contributed by atoms with Crippen molar-refractivity contribution >= 4 is 38.4 Å². The van der Waals surface area contributed by atoms with Crippen LogP contribution in [0.15, 0.2) is 52.7 Å². The number of thiophene rings is 1. The fraction of sp³-hybridized carbons (Fsp3) is 0.348. The van der Waals surface area contributed by atoms with Crippen molar-refractivity contribution in [3.8, 4) is 10.6 Å². The number of nitrogens with zero attached hydrogens (tertiary/aromatic N) is 3. The van der Waals surface area contributed by atoms with Gasteiger partial charge in [-0.15, -0.1) is 22.7 Å². The van der Waals surface area contributed by atoms with Gasteiger partial charge in [-0.25, -0.2) is 17.8 Å². The molecule has 5 nitrogen and oxygen atoms in total. The average Bonchev–Trinajstić information content (AvgIpc) is 3.42. The Morgan fingerprint density at radius 1 is 1.28 bits per heavy atom. The van der Waals surface area contributed by atoms with E-state index in [1.165, 1.54) is 37.2 Å². The molecule has 1 fully saturated rings. The van der Waals surface area contributed by atoms with Gasteiger partial charge in [0.05, 0.1) is 27.3 Å². The molecule has 0 aliphatic carbocycles. The minimum absolute atomic E-state index is 0.150. The first-order chi connectivity index (χ1) is 15.3. The molecule has 2 atom stereocenters. The van der Waals surface area contributed by atoms with Crippen LogP contribution >= 0.6 is 22.7 Å². The van der Waals surface area contributed by atoms with Gasteiger partial charge >= 0.3 is 0 Å². The molecule has 0 N–H and O–H groups in total. The topological polar surface area (TPSA) is 53.5 Å². The zero-order valence-electron chi connectivity index (χ0n) is 17.9. The highest BCUT2D eigenvalue weighted by Gasteiger charge is 2.49. The molecular formula is C23H24FN3O2S3. The maximum Gasteiger partial charge on any atom is 0.258 e. The van der Waals surface area contributed by atoms with E-state index in [0.29, 0.717) is 18.5 Å². The molecule has 4 heterocycles. The zero-order chi connectivity index (χ0) is 22.5. The van der Waals surface area contributed by atoms with Gasteiger partial charge in [0.25, 0.3) is 10.0 Å². The number of piperidine rings is 1. The smallest absolute Gasteiger partial charge is 0.258 e. The standard InChI is InChI=1S/C23H24FN3O2S3/c1-16-6-10-30-22(16)21-20(31-15-25-21)14-26-9-7-23(13-17(26)2)8-11-32(28,29)27(23)19-5-3-4-18(24)12-19/h3-6,8,10-12,15,17H,7,9,13-14H2,1-2H3/t17-,23-/m0/s1. The van der Waals surface area contributed by atoms with Crippen molar-refractivity contribution < 1.29 is 12.8 Å². The number of hydrogen-bond acceptors (Lipinski definition) is 6. The number of thiazole rings is 1. The highest BCUT2D eigenvalue weighted by atomic mass is 32.2. The number of halogens is 1. The quantitative estimate of drug-likeness (QED) is 0.492. The highest BCUT2D eigenvalue weighted by Crippen LogP contribution is 2.44. The van der Waals surface area contributed by atoms with Crippen LogP contribution in [0, 0.1) is 12.7 Å². The second-order valence-electron chi connectivity index (χ2n) is 8.53. The van der Waals surface area contributed by atoms with Crippen molar-refractivity contribution in [1.82, 2.24) is 9.88 Å². The molecule has 1 saturated heterocycles. The Morgan fingerprint density at radius 3 is 2.84 bits per heavy atom. The molecule has 32 heavy (non-hydrogen) atoms. The van der Waals surface area contributed by atoms with Gasteiger partial charge in [0.1, 0.15) is 5.82 Å². The van der Waals surface area contributed by atoms with Crippen molar-refractivity contribution in [2.75, 3.05) is 10.8 Å². The van der Waals surface area contributed by atoms with Crippen molar-refractivity contribution in [3.05, 3.63) is 69.0 Å². The van der Waals surface area contributed by atoms with E-state index in [1.54, 1.807) is 40.9 Å². The van der Waals surface area contributed by atoms with Crippen LogP contribution in [-0.2, 0) is 16.6 Å². The summed E-state index contributed by atoms with van der Waals surface area (Å²) in [4.78, 5) is 9.47. The lowest BCUT2D eigenvalue weighted by Gasteiger charge is -2.47. The minimum Gasteiger partial charge on any atom is -0.295 e. The summed E-state index contributed by atoms with van der Waals surface area (Å²) in [6.07, 6.45) is 3.09. The second-order valence-corrected chi connectivity index (χ2v) is 12.0. The molecule has 1 spiro atoms. The van der Waals surface area contributed by atoms with Gasteiger partial charge < -0.3 is 0 Å². The maximum absolute atomic E-state index is 13.9. The van der Waals surface area contributed by atoms with E-state index in [2.05, 4.69) is 35.2 Å². The second kappa shape index (κ2) is 8.06. The molecule has 2 aliphatic rings. The van der Waals surface area contributed by atoms with Crippen LogP contribution in [0.2, 0.25) is 0 Å². The molecule has 168 valence electrons. The Bertz CT molecular complexity index is 1280. The molecule has 0 bridgehead atoms. The average molecular weight is 490 g/mol. The van der Waals surface area contributed by atoms with Crippen LogP contribution in [0.3, 0.4) is 0 Å². The minimum atomic E-state index is -3.64. The van der Waals surface area contributed by atoms with Crippen LogP contribution in [-0.4, -0.2) is 36.4 Å². The van der Waals surface area contributed by atoms with E-state index in [-0.39, 0.29) is 6.04 Å². The normalized spacial score (nSPS) is 25.1. The zero-order valence-corrected chi connectivity index (χ0v) is 20.3. The first-order valence-corrected chi connectivity index (χ1v) is 13.8. The van der Waals surface area contributed by atoms with Gasteiger partial charge in [-0.05, 0) is 68.0 Å². The molecule has 0 radical (unpaired) electrons. The van der Waals surface area contributed by atoms with E-state index in [9.17, 15) is 12.8 Å². The van der Waals surface area contributed by atoms with E-state index >= 15 is 0 Å². The van der Waals surface area contributed by atoms with Gasteiger partial charge in [0.2, 0.25) is 0 Å². The first kappa shape index (κ1) is 21.8. The summed E-state index contributed by atoms with van der Waals surface area (Å²) < 4.78 is 41.1. The van der Waals surface area contributed by atoms with Crippen molar-refractivity contribution in [1.29, 1.82) is 0 Å². The first-order valence-electron chi connectivity index (χ1n) is 10.5. The SMILES string of the molecule is Cc1ccsc1-c1ncsc1CN1CC[C@]2(C=CS(=O)(=O)N2c2cccc(F)c2)C[C@@H]1C. The van der Waals surface area contributed by atoms with Crippen LogP contribution in [0.5, 0.6) is 0 Å². The summed E-state index contributed by atoms with van der Waals surface area (Å²) in [5.41, 5.74) is 3.91. The van der Waals surface area contributed by atoms with Crippen molar-refractivity contribution in [2.24, 2.45) is 0 Å². The lowest BCUT2D eigenvalue weighted by Crippen LogP contribution is -2.56. The molecule has 9 heteroatoms. The summed E-state index contributed by atoms with van der Waals surface area (Å²) >= 11 is 3.38. The lowest BCUT2D eigenvalue weighted by molar-refractivity contribution is 0.121. The summed E-state index contributed by atoms with van der Waals surface area (Å²) in [5.74, 6) is -0.438. The summed E-state index contributed by atoms with van der Waals surface area (Å²) in [6, 6.07) is 8.12. The van der Waals surface area contributed by atoms with Crippen LogP contribution in [0.4, 0.5) is 10.1 Å². The van der Waals surface area contributed by atoms with Gasteiger partial charge in [0.15, 0.2) is 0 Å². The van der Waals surface area contributed by atoms with Crippen LogP contribution in [0.25, 0.3) is 10.6 Å². The summed E-state index contributed by atoms with van der Waals surface area (Å²) in [6.45, 7) is 5.77. The molecule has 3 aromatic rings. The number of aromatic nitrogens is 1. The molecule has 0 amide bonds.